The Morgan fingerprint density at radius 3 is 2.86 bits per heavy atom. The highest BCUT2D eigenvalue weighted by molar-refractivity contribution is 5.94. The molecule has 0 unspecified atom stereocenters. The molecule has 0 N–H and O–H groups in total. The maximum atomic E-state index is 13.1. The lowest BCUT2D eigenvalue weighted by Crippen LogP contribution is -2.36. The molecule has 0 fully saturated rings. The fraction of sp³-hybridized carbons (Fsp3) is 0.409. The average Bonchev–Trinajstić information content (AvgIpc) is 3.37. The second-order valence-electron chi connectivity index (χ2n) is 7.34. The molecular formula is C22H26N4O3. The first-order chi connectivity index (χ1) is 14.1. The number of benzene rings is 1. The molecular weight excluding hydrogens is 368 g/mol. The molecule has 0 radical (unpaired) electrons. The summed E-state index contributed by atoms with van der Waals surface area (Å²) in [7, 11) is 0. The van der Waals surface area contributed by atoms with Crippen molar-refractivity contribution in [2.24, 2.45) is 0 Å². The highest BCUT2D eigenvalue weighted by Gasteiger charge is 2.29. The monoisotopic (exact) mass is 394 g/mol. The number of oxazole rings is 1. The number of hydrogen-bond donors (Lipinski definition) is 0. The number of fused-ring (bicyclic) bond motifs is 1. The number of rotatable bonds is 6. The quantitative estimate of drug-likeness (QED) is 0.599. The molecule has 3 aromatic rings. The molecule has 29 heavy (non-hydrogen) atoms. The van der Waals surface area contributed by atoms with E-state index >= 15 is 0 Å². The summed E-state index contributed by atoms with van der Waals surface area (Å²) in [4.78, 5) is 19.3. The summed E-state index contributed by atoms with van der Waals surface area (Å²) in [6.45, 7) is 9.21. The first kappa shape index (κ1) is 19.4. The zero-order valence-electron chi connectivity index (χ0n) is 17.1. The summed E-state index contributed by atoms with van der Waals surface area (Å²) in [6, 6.07) is 5.88. The summed E-state index contributed by atoms with van der Waals surface area (Å²) in [5, 5.41) is 4.77. The lowest BCUT2D eigenvalue weighted by atomic mass is 10.0. The van der Waals surface area contributed by atoms with Gasteiger partial charge in [0.2, 0.25) is 0 Å². The summed E-state index contributed by atoms with van der Waals surface area (Å²) in [5.74, 6) is 0.0481. The van der Waals surface area contributed by atoms with E-state index in [1.165, 1.54) is 12.0 Å². The van der Waals surface area contributed by atoms with E-state index in [9.17, 15) is 4.79 Å². The lowest BCUT2D eigenvalue weighted by Gasteiger charge is -2.28. The van der Waals surface area contributed by atoms with Crippen LogP contribution in [0, 0.1) is 13.8 Å². The van der Waals surface area contributed by atoms with Gasteiger partial charge in [-0.25, -0.2) is 4.98 Å². The molecule has 1 aliphatic rings. The fourth-order valence-electron chi connectivity index (χ4n) is 3.74. The summed E-state index contributed by atoms with van der Waals surface area (Å²) >= 11 is 0. The molecule has 0 saturated heterocycles. The number of aromatic nitrogens is 3. The van der Waals surface area contributed by atoms with Gasteiger partial charge in [0.1, 0.15) is 17.7 Å². The Kier molecular flexibility index (Phi) is 5.49. The van der Waals surface area contributed by atoms with Crippen LogP contribution in [0.15, 0.2) is 35.3 Å². The topological polar surface area (TPSA) is 73.4 Å². The maximum Gasteiger partial charge on any atom is 0.254 e. The Morgan fingerprint density at radius 2 is 2.14 bits per heavy atom. The number of aryl methyl sites for hydroxylation is 2. The molecule has 7 nitrogen and oxygen atoms in total. The van der Waals surface area contributed by atoms with Gasteiger partial charge in [-0.15, -0.1) is 0 Å². The van der Waals surface area contributed by atoms with Crippen molar-refractivity contribution in [3.05, 3.63) is 58.8 Å². The van der Waals surface area contributed by atoms with Gasteiger partial charge in [0, 0.05) is 36.4 Å². The number of hydrogen-bond acceptors (Lipinski definition) is 5. The fourth-order valence-corrected chi connectivity index (χ4v) is 3.74. The van der Waals surface area contributed by atoms with Crippen LogP contribution in [-0.2, 0) is 24.2 Å². The van der Waals surface area contributed by atoms with E-state index in [0.29, 0.717) is 38.5 Å². The van der Waals surface area contributed by atoms with E-state index < -0.39 is 0 Å². The molecule has 4 rings (SSSR count). The van der Waals surface area contributed by atoms with Crippen molar-refractivity contribution >= 4 is 5.91 Å². The first-order valence-corrected chi connectivity index (χ1v) is 10.00. The third-order valence-corrected chi connectivity index (χ3v) is 5.50. The lowest BCUT2D eigenvalue weighted by molar-refractivity contribution is 0.0732. The van der Waals surface area contributed by atoms with Crippen LogP contribution in [0.4, 0.5) is 0 Å². The van der Waals surface area contributed by atoms with Crippen LogP contribution >= 0.6 is 0 Å². The average molecular weight is 394 g/mol. The summed E-state index contributed by atoms with van der Waals surface area (Å²) < 4.78 is 12.7. The van der Waals surface area contributed by atoms with E-state index in [2.05, 4.69) is 11.9 Å². The van der Waals surface area contributed by atoms with Crippen LogP contribution in [0.5, 0.6) is 0 Å². The van der Waals surface area contributed by atoms with E-state index in [1.807, 2.05) is 41.6 Å². The second kappa shape index (κ2) is 8.21. The van der Waals surface area contributed by atoms with Gasteiger partial charge in [0.25, 0.3) is 5.91 Å². The van der Waals surface area contributed by atoms with Gasteiger partial charge in [-0.1, -0.05) is 6.07 Å². The molecule has 1 aliphatic heterocycles. The third kappa shape index (κ3) is 3.82. The maximum absolute atomic E-state index is 13.1. The van der Waals surface area contributed by atoms with Crippen LogP contribution in [0.25, 0.3) is 11.4 Å². The van der Waals surface area contributed by atoms with Gasteiger partial charge in [0.15, 0.2) is 6.39 Å². The number of amides is 1. The van der Waals surface area contributed by atoms with Crippen molar-refractivity contribution in [1.29, 1.82) is 0 Å². The van der Waals surface area contributed by atoms with Crippen molar-refractivity contribution in [2.45, 2.75) is 40.3 Å². The van der Waals surface area contributed by atoms with Crippen LogP contribution in [0.1, 0.15) is 39.7 Å². The Balaban J connectivity index is 1.63. The minimum Gasteiger partial charge on any atom is -0.451 e. The third-order valence-electron chi connectivity index (χ3n) is 5.50. The van der Waals surface area contributed by atoms with Crippen molar-refractivity contribution in [2.75, 3.05) is 19.8 Å². The number of carbonyl (C=O) groups is 1. The molecule has 0 atom stereocenters. The van der Waals surface area contributed by atoms with E-state index in [-0.39, 0.29) is 5.91 Å². The zero-order chi connectivity index (χ0) is 20.4. The van der Waals surface area contributed by atoms with Gasteiger partial charge in [-0.2, -0.15) is 5.10 Å². The van der Waals surface area contributed by atoms with E-state index in [1.54, 1.807) is 6.26 Å². The van der Waals surface area contributed by atoms with Crippen LogP contribution < -0.4 is 0 Å². The highest BCUT2D eigenvalue weighted by Crippen LogP contribution is 2.30. The first-order valence-electron chi connectivity index (χ1n) is 10.00. The minimum absolute atomic E-state index is 0.0481. The number of carbonyl (C=O) groups excluding carboxylic acids is 1. The van der Waals surface area contributed by atoms with Gasteiger partial charge in [0.05, 0.1) is 19.7 Å². The second-order valence-corrected chi connectivity index (χ2v) is 7.34. The van der Waals surface area contributed by atoms with Gasteiger partial charge in [-0.3, -0.25) is 9.48 Å². The number of ether oxygens (including phenoxy) is 1. The molecule has 0 saturated carbocycles. The minimum atomic E-state index is 0.0481. The predicted molar refractivity (Wildman–Crippen MR) is 109 cm³/mol. The Labute approximate surface area is 170 Å². The standard InChI is InChI=1S/C22H26N4O3/c1-4-28-10-9-26-20-7-8-25(22(27)17-6-5-15(2)16(3)11-17)12-18(20)21(24-26)19-13-29-14-23-19/h5-6,11,13-14H,4,7-10,12H2,1-3H3. The zero-order valence-corrected chi connectivity index (χ0v) is 17.1. The van der Waals surface area contributed by atoms with Crippen LogP contribution in [0.3, 0.4) is 0 Å². The smallest absolute Gasteiger partial charge is 0.254 e. The highest BCUT2D eigenvalue weighted by atomic mass is 16.5. The molecule has 1 aromatic carbocycles. The molecule has 7 heteroatoms. The largest absolute Gasteiger partial charge is 0.451 e. The van der Waals surface area contributed by atoms with Crippen molar-refractivity contribution < 1.29 is 13.9 Å². The Morgan fingerprint density at radius 1 is 1.28 bits per heavy atom. The van der Waals surface area contributed by atoms with Gasteiger partial charge < -0.3 is 14.1 Å². The van der Waals surface area contributed by atoms with Crippen LogP contribution in [0.2, 0.25) is 0 Å². The molecule has 3 heterocycles. The molecule has 0 bridgehead atoms. The Bertz CT molecular complexity index is 1010. The molecule has 2 aromatic heterocycles. The van der Waals surface area contributed by atoms with Crippen molar-refractivity contribution in [1.82, 2.24) is 19.7 Å². The molecule has 0 aliphatic carbocycles. The van der Waals surface area contributed by atoms with Gasteiger partial charge in [-0.05, 0) is 44.0 Å². The van der Waals surface area contributed by atoms with E-state index in [4.69, 9.17) is 14.3 Å². The van der Waals surface area contributed by atoms with Crippen LogP contribution in [-0.4, -0.2) is 45.3 Å². The summed E-state index contributed by atoms with van der Waals surface area (Å²) in [6.07, 6.45) is 3.75. The predicted octanol–water partition coefficient (Wildman–Crippen LogP) is 3.39. The normalized spacial score (nSPS) is 13.6. The molecule has 1 amide bonds. The van der Waals surface area contributed by atoms with E-state index in [0.717, 1.165) is 34.5 Å². The molecule has 152 valence electrons. The van der Waals surface area contributed by atoms with Crippen molar-refractivity contribution in [3.63, 3.8) is 0 Å². The number of nitrogens with zero attached hydrogens (tertiary/aromatic N) is 4. The summed E-state index contributed by atoms with van der Waals surface area (Å²) in [5.41, 5.74) is 6.70. The molecule has 0 spiro atoms. The van der Waals surface area contributed by atoms with Gasteiger partial charge >= 0.3 is 0 Å². The SMILES string of the molecule is CCOCCn1nc(-c2cocn2)c2c1CCN(C(=O)c1ccc(C)c(C)c1)C2. The van der Waals surface area contributed by atoms with Crippen molar-refractivity contribution in [3.8, 4) is 11.4 Å². The Hall–Kier alpha value is -2.93.